The fraction of sp³-hybridized carbons (Fsp3) is 0.545. The van der Waals surface area contributed by atoms with E-state index >= 15 is 0 Å². The minimum Gasteiger partial charge on any atom is -0.360 e. The summed E-state index contributed by atoms with van der Waals surface area (Å²) in [5.41, 5.74) is 1.10. The second kappa shape index (κ2) is 6.07. The lowest BCUT2D eigenvalue weighted by atomic mass is 10.4. The molecule has 17 heavy (non-hydrogen) atoms. The van der Waals surface area contributed by atoms with Gasteiger partial charge in [-0.3, -0.25) is 0 Å². The average Bonchev–Trinajstić information content (AvgIpc) is 2.89. The van der Waals surface area contributed by atoms with E-state index in [0.717, 1.165) is 41.6 Å². The van der Waals surface area contributed by atoms with Crippen molar-refractivity contribution in [2.45, 2.75) is 33.1 Å². The Balaban J connectivity index is 1.77. The van der Waals surface area contributed by atoms with Crippen LogP contribution >= 0.6 is 22.7 Å². The minimum atomic E-state index is 0.869. The number of rotatable bonds is 6. The maximum Gasteiger partial charge on any atom is 0.205 e. The summed E-state index contributed by atoms with van der Waals surface area (Å²) >= 11 is 3.36. The zero-order chi connectivity index (χ0) is 12.1. The van der Waals surface area contributed by atoms with Crippen molar-refractivity contribution in [3.05, 3.63) is 21.1 Å². The number of hydrogen-bond acceptors (Lipinski definition) is 6. The number of aromatic nitrogens is 3. The quantitative estimate of drug-likeness (QED) is 0.875. The Morgan fingerprint density at radius 3 is 2.82 bits per heavy atom. The average molecular weight is 268 g/mol. The van der Waals surface area contributed by atoms with E-state index in [0.29, 0.717) is 0 Å². The van der Waals surface area contributed by atoms with E-state index in [1.54, 1.807) is 22.7 Å². The lowest BCUT2D eigenvalue weighted by Gasteiger charge is -1.98. The van der Waals surface area contributed by atoms with Crippen LogP contribution in [0.4, 0.5) is 5.13 Å². The summed E-state index contributed by atoms with van der Waals surface area (Å²) in [6.45, 7) is 5.04. The first-order chi connectivity index (χ1) is 8.28. The van der Waals surface area contributed by atoms with Gasteiger partial charge in [-0.25, -0.2) is 4.98 Å². The van der Waals surface area contributed by atoms with Gasteiger partial charge in [-0.2, -0.15) is 0 Å². The van der Waals surface area contributed by atoms with Gasteiger partial charge in [-0.1, -0.05) is 18.3 Å². The van der Waals surface area contributed by atoms with Crippen molar-refractivity contribution in [1.29, 1.82) is 0 Å². The molecule has 0 aromatic carbocycles. The first kappa shape index (κ1) is 12.4. The molecule has 0 saturated carbocycles. The van der Waals surface area contributed by atoms with Gasteiger partial charge in [0.1, 0.15) is 5.01 Å². The molecule has 0 aliphatic heterocycles. The summed E-state index contributed by atoms with van der Waals surface area (Å²) in [5, 5.41) is 16.8. The van der Waals surface area contributed by atoms with E-state index < -0.39 is 0 Å². The maximum atomic E-state index is 4.42. The fourth-order valence-electron chi connectivity index (χ4n) is 1.43. The molecule has 0 unspecified atom stereocenters. The molecule has 0 atom stereocenters. The summed E-state index contributed by atoms with van der Waals surface area (Å²) in [4.78, 5) is 4.42. The Morgan fingerprint density at radius 1 is 1.24 bits per heavy atom. The molecule has 0 amide bonds. The van der Waals surface area contributed by atoms with Gasteiger partial charge in [0, 0.05) is 30.5 Å². The van der Waals surface area contributed by atoms with Crippen LogP contribution in [0.15, 0.2) is 5.38 Å². The van der Waals surface area contributed by atoms with Gasteiger partial charge in [0.25, 0.3) is 0 Å². The highest BCUT2D eigenvalue weighted by Crippen LogP contribution is 2.16. The van der Waals surface area contributed by atoms with Gasteiger partial charge < -0.3 is 5.32 Å². The summed E-state index contributed by atoms with van der Waals surface area (Å²) in [6, 6.07) is 0. The van der Waals surface area contributed by atoms with Gasteiger partial charge in [-0.05, 0) is 13.3 Å². The van der Waals surface area contributed by atoms with Gasteiger partial charge in [-0.15, -0.1) is 21.5 Å². The third kappa shape index (κ3) is 3.74. The smallest absolute Gasteiger partial charge is 0.205 e. The summed E-state index contributed by atoms with van der Waals surface area (Å²) in [5.74, 6) is 0. The van der Waals surface area contributed by atoms with Crippen molar-refractivity contribution in [2.24, 2.45) is 0 Å². The Labute approximate surface area is 109 Å². The minimum absolute atomic E-state index is 0.869. The molecule has 0 saturated heterocycles. The monoisotopic (exact) mass is 268 g/mol. The maximum absolute atomic E-state index is 4.42. The van der Waals surface area contributed by atoms with Crippen molar-refractivity contribution in [3.63, 3.8) is 0 Å². The SMILES string of the molecule is CCCc1nnc(NCCc2nc(C)cs2)s1. The van der Waals surface area contributed by atoms with Crippen molar-refractivity contribution in [3.8, 4) is 0 Å². The van der Waals surface area contributed by atoms with Crippen LogP contribution in [-0.2, 0) is 12.8 Å². The molecule has 2 heterocycles. The van der Waals surface area contributed by atoms with E-state index in [9.17, 15) is 0 Å². The van der Waals surface area contributed by atoms with Gasteiger partial charge >= 0.3 is 0 Å². The van der Waals surface area contributed by atoms with Crippen LogP contribution < -0.4 is 5.32 Å². The third-order valence-electron chi connectivity index (χ3n) is 2.21. The number of nitrogens with one attached hydrogen (secondary N) is 1. The molecule has 0 aliphatic carbocycles. The van der Waals surface area contributed by atoms with E-state index in [2.05, 4.69) is 32.8 Å². The Morgan fingerprint density at radius 2 is 2.12 bits per heavy atom. The largest absolute Gasteiger partial charge is 0.360 e. The van der Waals surface area contributed by atoms with Gasteiger partial charge in [0.15, 0.2) is 0 Å². The standard InChI is InChI=1S/C11H16N4S2/c1-3-4-10-14-15-11(17-10)12-6-5-9-13-8(2)7-16-9/h7H,3-6H2,1-2H3,(H,12,15). The predicted molar refractivity (Wildman–Crippen MR) is 72.9 cm³/mol. The van der Waals surface area contributed by atoms with Gasteiger partial charge in [0.2, 0.25) is 5.13 Å². The van der Waals surface area contributed by atoms with Crippen molar-refractivity contribution >= 4 is 27.8 Å². The lowest BCUT2D eigenvalue weighted by Crippen LogP contribution is -2.04. The molecule has 0 bridgehead atoms. The third-order valence-corrected chi connectivity index (χ3v) is 4.18. The van der Waals surface area contributed by atoms with Crippen molar-refractivity contribution in [1.82, 2.24) is 15.2 Å². The molecular formula is C11H16N4S2. The molecule has 0 radical (unpaired) electrons. The fourth-order valence-corrected chi connectivity index (χ4v) is 3.08. The zero-order valence-corrected chi connectivity index (χ0v) is 11.7. The number of nitrogens with zero attached hydrogens (tertiary/aromatic N) is 3. The highest BCUT2D eigenvalue weighted by molar-refractivity contribution is 7.15. The van der Waals surface area contributed by atoms with Crippen molar-refractivity contribution in [2.75, 3.05) is 11.9 Å². The van der Waals surface area contributed by atoms with Crippen LogP contribution in [0.5, 0.6) is 0 Å². The molecule has 0 aliphatic rings. The number of anilines is 1. The summed E-state index contributed by atoms with van der Waals surface area (Å²) in [6.07, 6.45) is 3.08. The Hall–Kier alpha value is -1.01. The molecule has 2 rings (SSSR count). The first-order valence-corrected chi connectivity index (χ1v) is 7.45. The lowest BCUT2D eigenvalue weighted by molar-refractivity contribution is 0.876. The molecule has 0 fully saturated rings. The number of thiazole rings is 1. The van der Waals surface area contributed by atoms with E-state index in [4.69, 9.17) is 0 Å². The molecule has 92 valence electrons. The second-order valence-electron chi connectivity index (χ2n) is 3.81. The first-order valence-electron chi connectivity index (χ1n) is 5.75. The second-order valence-corrected chi connectivity index (χ2v) is 5.82. The van der Waals surface area contributed by atoms with Crippen LogP contribution in [0.3, 0.4) is 0 Å². The predicted octanol–water partition coefficient (Wildman–Crippen LogP) is 2.91. The van der Waals surface area contributed by atoms with E-state index in [1.165, 1.54) is 5.01 Å². The number of hydrogen-bond donors (Lipinski definition) is 1. The van der Waals surface area contributed by atoms with Crippen molar-refractivity contribution < 1.29 is 0 Å². The Bertz CT molecular complexity index is 463. The summed E-state index contributed by atoms with van der Waals surface area (Å²) < 4.78 is 0. The topological polar surface area (TPSA) is 50.7 Å². The number of aryl methyl sites for hydroxylation is 2. The molecule has 1 N–H and O–H groups in total. The highest BCUT2D eigenvalue weighted by atomic mass is 32.1. The van der Waals surface area contributed by atoms with Crippen LogP contribution in [0.25, 0.3) is 0 Å². The summed E-state index contributed by atoms with van der Waals surface area (Å²) in [7, 11) is 0. The molecular weight excluding hydrogens is 252 g/mol. The molecule has 2 aromatic heterocycles. The van der Waals surface area contributed by atoms with Crippen LogP contribution in [0, 0.1) is 6.92 Å². The van der Waals surface area contributed by atoms with E-state index in [1.807, 2.05) is 6.92 Å². The van der Waals surface area contributed by atoms with Crippen LogP contribution in [0.2, 0.25) is 0 Å². The Kier molecular flexibility index (Phi) is 4.44. The zero-order valence-electron chi connectivity index (χ0n) is 10.1. The van der Waals surface area contributed by atoms with Crippen LogP contribution in [-0.4, -0.2) is 21.7 Å². The molecule has 4 nitrogen and oxygen atoms in total. The molecule has 0 spiro atoms. The van der Waals surface area contributed by atoms with Crippen LogP contribution in [0.1, 0.15) is 29.1 Å². The normalized spacial score (nSPS) is 10.7. The van der Waals surface area contributed by atoms with Gasteiger partial charge in [0.05, 0.1) is 5.01 Å². The van der Waals surface area contributed by atoms with E-state index in [-0.39, 0.29) is 0 Å². The highest BCUT2D eigenvalue weighted by Gasteiger charge is 2.03. The molecule has 2 aromatic rings. The molecule has 6 heteroatoms.